The lowest BCUT2D eigenvalue weighted by atomic mass is 10.2. The molecule has 1 amide bonds. The Morgan fingerprint density at radius 3 is 2.90 bits per heavy atom. The van der Waals surface area contributed by atoms with E-state index in [0.717, 1.165) is 11.5 Å². The number of hydrogen-bond donors (Lipinski definition) is 1. The molecule has 1 aromatic carbocycles. The van der Waals surface area contributed by atoms with E-state index in [1.807, 2.05) is 0 Å². The summed E-state index contributed by atoms with van der Waals surface area (Å²) in [5.74, 6) is -0.452. The molecule has 0 atom stereocenters. The molecule has 9 heteroatoms. The van der Waals surface area contributed by atoms with Gasteiger partial charge in [0.15, 0.2) is 0 Å². The highest BCUT2D eigenvalue weighted by molar-refractivity contribution is 7.07. The molecule has 0 spiro atoms. The van der Waals surface area contributed by atoms with Gasteiger partial charge in [0.25, 0.3) is 11.6 Å². The molecule has 1 N–H and O–H groups in total. The van der Waals surface area contributed by atoms with Crippen molar-refractivity contribution in [3.63, 3.8) is 0 Å². The van der Waals surface area contributed by atoms with E-state index in [2.05, 4.69) is 20.1 Å². The molecule has 1 aromatic heterocycles. The van der Waals surface area contributed by atoms with Gasteiger partial charge in [-0.15, -0.1) is 5.10 Å². The van der Waals surface area contributed by atoms with Crippen LogP contribution in [-0.4, -0.2) is 26.6 Å². The molecule has 2 rings (SSSR count). The molecule has 102 valence electrons. The van der Waals surface area contributed by atoms with E-state index < -0.39 is 10.8 Å². The molecule has 20 heavy (non-hydrogen) atoms. The average Bonchev–Trinajstić information content (AvgIpc) is 2.85. The third-order valence-electron chi connectivity index (χ3n) is 2.36. The summed E-state index contributed by atoms with van der Waals surface area (Å²) in [6.45, 7) is 1.66. The van der Waals surface area contributed by atoms with Gasteiger partial charge in [-0.25, -0.2) is 5.43 Å². The van der Waals surface area contributed by atoms with E-state index in [9.17, 15) is 14.9 Å². The van der Waals surface area contributed by atoms with E-state index in [1.165, 1.54) is 18.3 Å². The normalized spacial score (nSPS) is 10.7. The number of rotatable bonds is 4. The molecule has 2 aromatic rings. The Morgan fingerprint density at radius 1 is 1.50 bits per heavy atom. The first-order valence-electron chi connectivity index (χ1n) is 5.45. The SMILES string of the molecule is Cc1nnsc1C(=O)N/N=C\c1ccccc1[N+](=O)[O-]. The van der Waals surface area contributed by atoms with Crippen molar-refractivity contribution >= 4 is 29.3 Å². The predicted molar refractivity (Wildman–Crippen MR) is 72.8 cm³/mol. The van der Waals surface area contributed by atoms with Crippen molar-refractivity contribution in [1.82, 2.24) is 15.0 Å². The zero-order valence-corrected chi connectivity index (χ0v) is 11.1. The van der Waals surface area contributed by atoms with E-state index in [-0.39, 0.29) is 5.69 Å². The Labute approximate surface area is 117 Å². The number of hydrazone groups is 1. The second kappa shape index (κ2) is 5.97. The fourth-order valence-corrected chi connectivity index (χ4v) is 1.96. The molecule has 0 fully saturated rings. The molecule has 0 unspecified atom stereocenters. The van der Waals surface area contributed by atoms with Crippen LogP contribution >= 0.6 is 11.5 Å². The minimum absolute atomic E-state index is 0.0823. The van der Waals surface area contributed by atoms with Crippen molar-refractivity contribution in [1.29, 1.82) is 0 Å². The maximum absolute atomic E-state index is 11.7. The number of aromatic nitrogens is 2. The average molecular weight is 291 g/mol. The fraction of sp³-hybridized carbons (Fsp3) is 0.0909. The van der Waals surface area contributed by atoms with E-state index in [4.69, 9.17) is 0 Å². The van der Waals surface area contributed by atoms with Crippen molar-refractivity contribution in [2.24, 2.45) is 5.10 Å². The number of aryl methyl sites for hydroxylation is 1. The number of benzene rings is 1. The summed E-state index contributed by atoms with van der Waals surface area (Å²) in [6, 6.07) is 6.10. The van der Waals surface area contributed by atoms with Crippen LogP contribution < -0.4 is 5.43 Å². The first-order valence-corrected chi connectivity index (χ1v) is 6.22. The van der Waals surface area contributed by atoms with Crippen molar-refractivity contribution in [3.8, 4) is 0 Å². The van der Waals surface area contributed by atoms with Gasteiger partial charge in [0.2, 0.25) is 0 Å². The quantitative estimate of drug-likeness (QED) is 0.521. The second-order valence-electron chi connectivity index (χ2n) is 3.70. The number of para-hydroxylation sites is 1. The molecule has 0 bridgehead atoms. The summed E-state index contributed by atoms with van der Waals surface area (Å²) in [4.78, 5) is 22.3. The molecule has 0 saturated heterocycles. The van der Waals surface area contributed by atoms with Crippen LogP contribution in [0.3, 0.4) is 0 Å². The van der Waals surface area contributed by atoms with Crippen LogP contribution in [0.2, 0.25) is 0 Å². The van der Waals surface area contributed by atoms with Gasteiger partial charge in [-0.05, 0) is 24.5 Å². The molecule has 0 aliphatic heterocycles. The number of carbonyl (C=O) groups excluding carboxylic acids is 1. The van der Waals surface area contributed by atoms with E-state index >= 15 is 0 Å². The largest absolute Gasteiger partial charge is 0.285 e. The smallest absolute Gasteiger partial charge is 0.266 e. The lowest BCUT2D eigenvalue weighted by molar-refractivity contribution is -0.385. The van der Waals surface area contributed by atoms with Crippen LogP contribution in [0.5, 0.6) is 0 Å². The van der Waals surface area contributed by atoms with E-state index in [1.54, 1.807) is 19.1 Å². The number of nitrogens with zero attached hydrogens (tertiary/aromatic N) is 4. The molecular formula is C11H9N5O3S. The molecule has 0 saturated carbocycles. The zero-order valence-electron chi connectivity index (χ0n) is 10.3. The van der Waals surface area contributed by atoms with Gasteiger partial charge in [0, 0.05) is 6.07 Å². The summed E-state index contributed by atoms with van der Waals surface area (Å²) < 4.78 is 3.64. The summed E-state index contributed by atoms with van der Waals surface area (Å²) >= 11 is 0.957. The van der Waals surface area contributed by atoms with Crippen molar-refractivity contribution in [2.45, 2.75) is 6.92 Å². The minimum atomic E-state index is -0.513. The summed E-state index contributed by atoms with van der Waals surface area (Å²) in [5, 5.41) is 18.2. The number of amides is 1. The Hall–Kier alpha value is -2.68. The number of nitro groups is 1. The topological polar surface area (TPSA) is 110 Å². The van der Waals surface area contributed by atoms with Crippen molar-refractivity contribution in [2.75, 3.05) is 0 Å². The highest BCUT2D eigenvalue weighted by Gasteiger charge is 2.13. The first-order chi connectivity index (χ1) is 9.59. The highest BCUT2D eigenvalue weighted by Crippen LogP contribution is 2.15. The van der Waals surface area contributed by atoms with Crippen LogP contribution in [-0.2, 0) is 0 Å². The van der Waals surface area contributed by atoms with Gasteiger partial charge in [-0.1, -0.05) is 16.6 Å². The van der Waals surface area contributed by atoms with Crippen LogP contribution in [0.15, 0.2) is 29.4 Å². The lowest BCUT2D eigenvalue weighted by Crippen LogP contribution is -2.17. The Bertz CT molecular complexity index is 682. The predicted octanol–water partition coefficient (Wildman–Crippen LogP) is 1.52. The van der Waals surface area contributed by atoms with Crippen LogP contribution in [0, 0.1) is 17.0 Å². The summed E-state index contributed by atoms with van der Waals surface area (Å²) in [6.07, 6.45) is 1.22. The molecule has 1 heterocycles. The number of nitrogens with one attached hydrogen (secondary N) is 1. The third-order valence-corrected chi connectivity index (χ3v) is 3.19. The maximum Gasteiger partial charge on any atom is 0.285 e. The Kier molecular flexibility index (Phi) is 4.11. The third kappa shape index (κ3) is 3.01. The first kappa shape index (κ1) is 13.7. The van der Waals surface area contributed by atoms with Gasteiger partial charge in [0.1, 0.15) is 4.88 Å². The molecule has 0 aliphatic rings. The van der Waals surface area contributed by atoms with Crippen LogP contribution in [0.4, 0.5) is 5.69 Å². The Morgan fingerprint density at radius 2 is 2.25 bits per heavy atom. The van der Waals surface area contributed by atoms with Gasteiger partial charge in [-0.2, -0.15) is 5.10 Å². The molecule has 0 aliphatic carbocycles. The van der Waals surface area contributed by atoms with Gasteiger partial charge in [0.05, 0.1) is 22.4 Å². The van der Waals surface area contributed by atoms with Gasteiger partial charge >= 0.3 is 0 Å². The number of nitro benzene ring substituents is 1. The Balaban J connectivity index is 2.10. The monoisotopic (exact) mass is 291 g/mol. The molecular weight excluding hydrogens is 282 g/mol. The van der Waals surface area contributed by atoms with Crippen molar-refractivity contribution < 1.29 is 9.72 Å². The summed E-state index contributed by atoms with van der Waals surface area (Å²) in [5.41, 5.74) is 3.01. The van der Waals surface area contributed by atoms with E-state index in [0.29, 0.717) is 16.1 Å². The lowest BCUT2D eigenvalue weighted by Gasteiger charge is -1.97. The van der Waals surface area contributed by atoms with Gasteiger partial charge in [-0.3, -0.25) is 14.9 Å². The van der Waals surface area contributed by atoms with Crippen LogP contribution in [0.25, 0.3) is 0 Å². The fourth-order valence-electron chi connectivity index (χ4n) is 1.41. The molecule has 8 nitrogen and oxygen atoms in total. The van der Waals surface area contributed by atoms with Crippen LogP contribution in [0.1, 0.15) is 20.9 Å². The number of carbonyl (C=O) groups is 1. The van der Waals surface area contributed by atoms with Gasteiger partial charge < -0.3 is 0 Å². The summed E-state index contributed by atoms with van der Waals surface area (Å²) in [7, 11) is 0. The number of hydrogen-bond acceptors (Lipinski definition) is 7. The minimum Gasteiger partial charge on any atom is -0.266 e. The van der Waals surface area contributed by atoms with Crippen molar-refractivity contribution in [3.05, 3.63) is 50.5 Å². The maximum atomic E-state index is 11.7. The molecule has 0 radical (unpaired) electrons. The highest BCUT2D eigenvalue weighted by atomic mass is 32.1. The standard InChI is InChI=1S/C11H9N5O3S/c1-7-10(20-15-13-7)11(17)14-12-6-8-4-2-3-5-9(8)16(18)19/h2-6H,1H3,(H,14,17)/b12-6-. The second-order valence-corrected chi connectivity index (χ2v) is 4.46. The zero-order chi connectivity index (χ0) is 14.5.